The second-order valence-corrected chi connectivity index (χ2v) is 4.59. The van der Waals surface area contributed by atoms with Gasteiger partial charge in [-0.2, -0.15) is 0 Å². The van der Waals surface area contributed by atoms with Crippen molar-refractivity contribution in [3.05, 3.63) is 59.7 Å². The highest BCUT2D eigenvalue weighted by atomic mass is 14.8. The van der Waals surface area contributed by atoms with Crippen LogP contribution < -0.4 is 5.32 Å². The second-order valence-electron chi connectivity index (χ2n) is 4.59. The molecule has 1 nitrogen and oxygen atoms in total. The lowest BCUT2D eigenvalue weighted by molar-refractivity contribution is 0.758. The van der Waals surface area contributed by atoms with Crippen LogP contribution in [0.25, 0.3) is 10.8 Å². The summed E-state index contributed by atoms with van der Waals surface area (Å²) in [6.45, 7) is 6.11. The van der Waals surface area contributed by atoms with Crippen molar-refractivity contribution in [2.45, 2.75) is 20.4 Å². The van der Waals surface area contributed by atoms with Crippen LogP contribution in [-0.4, -0.2) is 6.54 Å². The van der Waals surface area contributed by atoms with E-state index in [4.69, 9.17) is 0 Å². The first-order valence-electron chi connectivity index (χ1n) is 6.07. The van der Waals surface area contributed by atoms with E-state index < -0.39 is 0 Å². The zero-order chi connectivity index (χ0) is 12.1. The third kappa shape index (κ3) is 3.43. The van der Waals surface area contributed by atoms with Gasteiger partial charge in [-0.1, -0.05) is 48.0 Å². The zero-order valence-corrected chi connectivity index (χ0v) is 10.5. The number of benzene rings is 2. The van der Waals surface area contributed by atoms with Crippen molar-refractivity contribution in [3.8, 4) is 0 Å². The van der Waals surface area contributed by atoms with E-state index in [9.17, 15) is 0 Å². The molecule has 0 atom stereocenters. The Bertz CT molecular complexity index is 522. The molecule has 0 saturated carbocycles. The van der Waals surface area contributed by atoms with Crippen molar-refractivity contribution < 1.29 is 0 Å². The smallest absolute Gasteiger partial charge is 0.0208 e. The molecule has 17 heavy (non-hydrogen) atoms. The van der Waals surface area contributed by atoms with Gasteiger partial charge in [-0.3, -0.25) is 0 Å². The molecule has 1 heteroatoms. The van der Waals surface area contributed by atoms with Crippen LogP contribution in [0.15, 0.2) is 54.1 Å². The third-order valence-electron chi connectivity index (χ3n) is 2.80. The average Bonchev–Trinajstić information content (AvgIpc) is 2.34. The second kappa shape index (κ2) is 5.65. The summed E-state index contributed by atoms with van der Waals surface area (Å²) in [5.41, 5.74) is 2.70. The van der Waals surface area contributed by atoms with Crippen LogP contribution in [0.3, 0.4) is 0 Å². The fraction of sp³-hybridized carbons (Fsp3) is 0.250. The van der Waals surface area contributed by atoms with Crippen molar-refractivity contribution in [2.24, 2.45) is 0 Å². The summed E-state index contributed by atoms with van der Waals surface area (Å²) in [6, 6.07) is 15.1. The van der Waals surface area contributed by atoms with Gasteiger partial charge in [0.05, 0.1) is 0 Å². The van der Waals surface area contributed by atoms with Crippen molar-refractivity contribution in [2.75, 3.05) is 6.54 Å². The Morgan fingerprint density at radius 2 is 1.82 bits per heavy atom. The summed E-state index contributed by atoms with van der Waals surface area (Å²) in [5.74, 6) is 0. The lowest BCUT2D eigenvalue weighted by Gasteiger charge is -2.04. The van der Waals surface area contributed by atoms with Gasteiger partial charge in [0.25, 0.3) is 0 Å². The Morgan fingerprint density at radius 3 is 2.59 bits per heavy atom. The van der Waals surface area contributed by atoms with Crippen LogP contribution in [0.4, 0.5) is 0 Å². The fourth-order valence-corrected chi connectivity index (χ4v) is 1.84. The molecule has 0 radical (unpaired) electrons. The van der Waals surface area contributed by atoms with Crippen molar-refractivity contribution in [1.29, 1.82) is 0 Å². The Labute approximate surface area is 103 Å². The van der Waals surface area contributed by atoms with Crippen LogP contribution in [0.5, 0.6) is 0 Å². The highest BCUT2D eigenvalue weighted by molar-refractivity contribution is 5.82. The summed E-state index contributed by atoms with van der Waals surface area (Å²) < 4.78 is 0. The quantitative estimate of drug-likeness (QED) is 0.614. The molecule has 2 aromatic rings. The first-order chi connectivity index (χ1) is 8.25. The number of rotatable bonds is 4. The van der Waals surface area contributed by atoms with Crippen LogP contribution in [0.2, 0.25) is 0 Å². The monoisotopic (exact) mass is 225 g/mol. The number of hydrogen-bond acceptors (Lipinski definition) is 1. The first kappa shape index (κ1) is 11.9. The van der Waals surface area contributed by atoms with Gasteiger partial charge in [0.2, 0.25) is 0 Å². The molecule has 1 N–H and O–H groups in total. The highest BCUT2D eigenvalue weighted by Gasteiger charge is 1.95. The molecule has 0 aliphatic rings. The number of fused-ring (bicyclic) bond motifs is 1. The normalized spacial score (nSPS) is 10.5. The van der Waals surface area contributed by atoms with E-state index in [2.05, 4.69) is 67.7 Å². The lowest BCUT2D eigenvalue weighted by Crippen LogP contribution is -2.12. The molecule has 0 amide bonds. The van der Waals surface area contributed by atoms with Gasteiger partial charge in [0.15, 0.2) is 0 Å². The molecule has 0 saturated heterocycles. The SMILES string of the molecule is CC(C)=CCNCc1ccc2ccccc2c1. The molecular formula is C16H19N. The Hall–Kier alpha value is -1.60. The number of nitrogens with one attached hydrogen (secondary N) is 1. The van der Waals surface area contributed by atoms with Crippen LogP contribution >= 0.6 is 0 Å². The van der Waals surface area contributed by atoms with Crippen molar-refractivity contribution >= 4 is 10.8 Å². The van der Waals surface area contributed by atoms with E-state index in [1.165, 1.54) is 21.9 Å². The van der Waals surface area contributed by atoms with Gasteiger partial charge >= 0.3 is 0 Å². The van der Waals surface area contributed by atoms with Gasteiger partial charge < -0.3 is 5.32 Å². The van der Waals surface area contributed by atoms with Crippen molar-refractivity contribution in [1.82, 2.24) is 5.32 Å². The van der Waals surface area contributed by atoms with Crippen LogP contribution in [0.1, 0.15) is 19.4 Å². The molecule has 0 aliphatic carbocycles. The predicted octanol–water partition coefficient (Wildman–Crippen LogP) is 3.90. The molecule has 0 bridgehead atoms. The van der Waals surface area contributed by atoms with Gasteiger partial charge in [-0.15, -0.1) is 0 Å². The molecule has 2 rings (SSSR count). The maximum atomic E-state index is 3.42. The molecule has 0 unspecified atom stereocenters. The summed E-state index contributed by atoms with van der Waals surface area (Å²) >= 11 is 0. The maximum absolute atomic E-state index is 3.42. The molecular weight excluding hydrogens is 206 g/mol. The Balaban J connectivity index is 2.02. The Morgan fingerprint density at radius 1 is 1.06 bits per heavy atom. The van der Waals surface area contributed by atoms with E-state index in [1.807, 2.05) is 0 Å². The summed E-state index contributed by atoms with van der Waals surface area (Å²) in [7, 11) is 0. The number of hydrogen-bond donors (Lipinski definition) is 1. The van der Waals surface area contributed by atoms with E-state index in [1.54, 1.807) is 0 Å². The maximum Gasteiger partial charge on any atom is 0.0208 e. The molecule has 0 spiro atoms. The molecule has 0 aliphatic heterocycles. The average molecular weight is 225 g/mol. The first-order valence-corrected chi connectivity index (χ1v) is 6.07. The minimum absolute atomic E-state index is 0.925. The summed E-state index contributed by atoms with van der Waals surface area (Å²) in [4.78, 5) is 0. The lowest BCUT2D eigenvalue weighted by atomic mass is 10.1. The Kier molecular flexibility index (Phi) is 3.94. The van der Waals surface area contributed by atoms with E-state index in [0.29, 0.717) is 0 Å². The van der Waals surface area contributed by atoms with E-state index in [0.717, 1.165) is 13.1 Å². The number of allylic oxidation sites excluding steroid dienone is 1. The summed E-state index contributed by atoms with van der Waals surface area (Å²) in [6.07, 6.45) is 2.21. The topological polar surface area (TPSA) is 12.0 Å². The standard InChI is InChI=1S/C16H19N/c1-13(2)9-10-17-12-14-7-8-15-5-3-4-6-16(15)11-14/h3-9,11,17H,10,12H2,1-2H3. The van der Waals surface area contributed by atoms with Crippen LogP contribution in [0, 0.1) is 0 Å². The summed E-state index contributed by atoms with van der Waals surface area (Å²) in [5, 5.41) is 6.04. The molecule has 2 aromatic carbocycles. The van der Waals surface area contributed by atoms with Gasteiger partial charge in [-0.25, -0.2) is 0 Å². The minimum Gasteiger partial charge on any atom is -0.309 e. The van der Waals surface area contributed by atoms with Gasteiger partial charge in [0.1, 0.15) is 0 Å². The van der Waals surface area contributed by atoms with Crippen LogP contribution in [-0.2, 0) is 6.54 Å². The molecule has 0 aromatic heterocycles. The molecule has 0 fully saturated rings. The molecule has 0 heterocycles. The predicted molar refractivity (Wildman–Crippen MR) is 75.1 cm³/mol. The van der Waals surface area contributed by atoms with E-state index >= 15 is 0 Å². The molecule has 88 valence electrons. The van der Waals surface area contributed by atoms with E-state index in [-0.39, 0.29) is 0 Å². The zero-order valence-electron chi connectivity index (χ0n) is 10.5. The third-order valence-corrected chi connectivity index (χ3v) is 2.80. The van der Waals surface area contributed by atoms with Crippen molar-refractivity contribution in [3.63, 3.8) is 0 Å². The highest BCUT2D eigenvalue weighted by Crippen LogP contribution is 2.15. The largest absolute Gasteiger partial charge is 0.309 e. The van der Waals surface area contributed by atoms with Gasteiger partial charge in [-0.05, 0) is 36.2 Å². The minimum atomic E-state index is 0.925. The van der Waals surface area contributed by atoms with Gasteiger partial charge in [0, 0.05) is 13.1 Å². The fourth-order valence-electron chi connectivity index (χ4n) is 1.84.